The lowest BCUT2D eigenvalue weighted by atomic mass is 10.1. The Kier molecular flexibility index (Phi) is 6.21. The molecule has 190 valence electrons. The number of hydrogen-bond acceptors (Lipinski definition) is 4. The van der Waals surface area contributed by atoms with Gasteiger partial charge in [-0.25, -0.2) is 23.3 Å². The van der Waals surface area contributed by atoms with Crippen molar-refractivity contribution in [1.29, 1.82) is 0 Å². The Morgan fingerprint density at radius 3 is 2.68 bits per heavy atom. The average Bonchev–Trinajstić information content (AvgIpc) is 3.38. The fourth-order valence-electron chi connectivity index (χ4n) is 4.83. The maximum Gasteiger partial charge on any atom is 0.274 e. The van der Waals surface area contributed by atoms with Gasteiger partial charge in [0.25, 0.3) is 5.91 Å². The number of carbonyl (C=O) groups excluding carboxylic acids is 1. The van der Waals surface area contributed by atoms with Crippen LogP contribution in [0, 0.1) is 31.1 Å². The second-order valence-corrected chi connectivity index (χ2v) is 9.10. The number of fused-ring (bicyclic) bond motifs is 1. The zero-order valence-corrected chi connectivity index (χ0v) is 20.5. The van der Waals surface area contributed by atoms with Crippen LogP contribution in [0.3, 0.4) is 0 Å². The Bertz CT molecular complexity index is 1580. The molecular formula is C26H24F3N7O. The van der Waals surface area contributed by atoms with E-state index in [1.165, 1.54) is 29.8 Å². The molecule has 0 bridgehead atoms. The van der Waals surface area contributed by atoms with Gasteiger partial charge in [-0.05, 0) is 38.9 Å². The number of piperidine rings is 1. The number of hydrogen-bond donors (Lipinski definition) is 1. The summed E-state index contributed by atoms with van der Waals surface area (Å²) in [7, 11) is 3.25. The Hall–Kier alpha value is -4.17. The highest BCUT2D eigenvalue weighted by Crippen LogP contribution is 2.33. The maximum atomic E-state index is 15.4. The first-order chi connectivity index (χ1) is 17.7. The van der Waals surface area contributed by atoms with Gasteiger partial charge >= 0.3 is 0 Å². The summed E-state index contributed by atoms with van der Waals surface area (Å²) < 4.78 is 47.1. The van der Waals surface area contributed by atoms with Crippen molar-refractivity contribution in [3.8, 4) is 17.1 Å². The smallest absolute Gasteiger partial charge is 0.274 e. The summed E-state index contributed by atoms with van der Waals surface area (Å²) in [6.45, 7) is 9.78. The fourth-order valence-corrected chi connectivity index (χ4v) is 4.83. The molecule has 1 N–H and O–H groups in total. The summed E-state index contributed by atoms with van der Waals surface area (Å²) in [5, 5.41) is 7.27. The van der Waals surface area contributed by atoms with Gasteiger partial charge in [0.2, 0.25) is 11.6 Å². The molecule has 3 heterocycles. The topological polar surface area (TPSA) is 72.3 Å². The van der Waals surface area contributed by atoms with Gasteiger partial charge < -0.3 is 10.2 Å². The third-order valence-corrected chi connectivity index (χ3v) is 6.82. The standard InChI is InChI=1S/C26H24F3N7O/c1-14-23(26(37)35-9-5-6-16(13-35)30-2)32-25(15-7-8-20(31-3)18(27)10-15)36(14)22-11-17-21(12-19(22)28)33-34(4)24(17)29/h7-8,10-12,16,30H,5-6,9,13H2,1-2,4H3/t16-/m0/s1. The molecule has 1 atom stereocenters. The normalized spacial score (nSPS) is 15.8. The Morgan fingerprint density at radius 1 is 1.19 bits per heavy atom. The van der Waals surface area contributed by atoms with E-state index in [4.69, 9.17) is 6.57 Å². The highest BCUT2D eigenvalue weighted by Gasteiger charge is 2.30. The second kappa shape index (κ2) is 9.37. The average molecular weight is 508 g/mol. The third-order valence-electron chi connectivity index (χ3n) is 6.82. The van der Waals surface area contributed by atoms with Crippen LogP contribution in [0.5, 0.6) is 0 Å². The lowest BCUT2D eigenvalue weighted by Gasteiger charge is -2.32. The predicted octanol–water partition coefficient (Wildman–Crippen LogP) is 4.53. The van der Waals surface area contributed by atoms with E-state index in [9.17, 15) is 13.6 Å². The van der Waals surface area contributed by atoms with Gasteiger partial charge in [-0.15, -0.1) is 0 Å². The molecule has 1 saturated heterocycles. The van der Waals surface area contributed by atoms with Crippen molar-refractivity contribution >= 4 is 22.5 Å². The monoisotopic (exact) mass is 507 g/mol. The van der Waals surface area contributed by atoms with E-state index >= 15 is 4.39 Å². The molecule has 2 aromatic carbocycles. The highest BCUT2D eigenvalue weighted by molar-refractivity contribution is 5.95. The first kappa shape index (κ1) is 24.5. The van der Waals surface area contributed by atoms with Crippen molar-refractivity contribution in [2.24, 2.45) is 7.05 Å². The minimum atomic E-state index is -0.769. The summed E-state index contributed by atoms with van der Waals surface area (Å²) in [4.78, 5) is 23.0. The number of likely N-dealkylation sites (N-methyl/N-ethyl adjacent to an activating group) is 1. The van der Waals surface area contributed by atoms with Gasteiger partial charge in [0.15, 0.2) is 0 Å². The zero-order chi connectivity index (χ0) is 26.4. The van der Waals surface area contributed by atoms with Gasteiger partial charge in [0, 0.05) is 37.8 Å². The van der Waals surface area contributed by atoms with Gasteiger partial charge in [-0.3, -0.25) is 9.36 Å². The van der Waals surface area contributed by atoms with Crippen molar-refractivity contribution in [2.45, 2.75) is 25.8 Å². The van der Waals surface area contributed by atoms with E-state index in [0.717, 1.165) is 29.7 Å². The van der Waals surface area contributed by atoms with Crippen molar-refractivity contribution < 1.29 is 18.0 Å². The van der Waals surface area contributed by atoms with E-state index in [1.807, 2.05) is 7.05 Å². The van der Waals surface area contributed by atoms with Crippen LogP contribution < -0.4 is 5.32 Å². The number of rotatable bonds is 4. The van der Waals surface area contributed by atoms with Crippen LogP contribution in [0.25, 0.3) is 32.8 Å². The van der Waals surface area contributed by atoms with Gasteiger partial charge in [0.1, 0.15) is 23.2 Å². The maximum absolute atomic E-state index is 15.4. The number of aromatic nitrogens is 4. The van der Waals surface area contributed by atoms with E-state index in [2.05, 4.69) is 20.2 Å². The number of nitrogens with zero attached hydrogens (tertiary/aromatic N) is 6. The quantitative estimate of drug-likeness (QED) is 0.412. The van der Waals surface area contributed by atoms with Gasteiger partial charge in [-0.1, -0.05) is 12.1 Å². The van der Waals surface area contributed by atoms with Crippen LogP contribution >= 0.6 is 0 Å². The minimum absolute atomic E-state index is 0.0557. The van der Waals surface area contributed by atoms with Crippen molar-refractivity contribution in [3.05, 3.63) is 70.7 Å². The second-order valence-electron chi connectivity index (χ2n) is 9.10. The van der Waals surface area contributed by atoms with Crippen molar-refractivity contribution in [1.82, 2.24) is 29.5 Å². The SMILES string of the molecule is [C-]#[N+]c1ccc(-c2nc(C(=O)N3CCC[C@H](NC)C3)c(C)n2-c2cc3c(F)n(C)nc3cc2F)cc1F. The van der Waals surface area contributed by atoms with Crippen LogP contribution in [0.2, 0.25) is 0 Å². The first-order valence-corrected chi connectivity index (χ1v) is 11.8. The van der Waals surface area contributed by atoms with Crippen molar-refractivity contribution in [3.63, 3.8) is 0 Å². The fraction of sp³-hybridized carbons (Fsp3) is 0.308. The number of carbonyl (C=O) groups is 1. The molecule has 37 heavy (non-hydrogen) atoms. The zero-order valence-electron chi connectivity index (χ0n) is 20.5. The van der Waals surface area contributed by atoms with Crippen molar-refractivity contribution in [2.75, 3.05) is 20.1 Å². The van der Waals surface area contributed by atoms with E-state index in [0.29, 0.717) is 18.8 Å². The molecule has 11 heteroatoms. The Morgan fingerprint density at radius 2 is 1.97 bits per heavy atom. The number of nitrogens with one attached hydrogen (secondary N) is 1. The highest BCUT2D eigenvalue weighted by atomic mass is 19.1. The van der Waals surface area contributed by atoms with Crippen LogP contribution in [0.4, 0.5) is 18.9 Å². The van der Waals surface area contributed by atoms with E-state index in [1.54, 1.807) is 11.8 Å². The van der Waals surface area contributed by atoms with E-state index in [-0.39, 0.29) is 51.3 Å². The Labute approximate surface area is 211 Å². The number of halogens is 3. The van der Waals surface area contributed by atoms with Crippen LogP contribution in [0.1, 0.15) is 29.0 Å². The summed E-state index contributed by atoms with van der Waals surface area (Å²) in [6, 6.07) is 6.48. The summed E-state index contributed by atoms with van der Waals surface area (Å²) >= 11 is 0. The number of imidazole rings is 1. The first-order valence-electron chi connectivity index (χ1n) is 11.8. The molecule has 4 aromatic rings. The van der Waals surface area contributed by atoms with Gasteiger partial charge in [0.05, 0.1) is 28.9 Å². The lowest BCUT2D eigenvalue weighted by Crippen LogP contribution is -2.47. The Balaban J connectivity index is 1.72. The largest absolute Gasteiger partial charge is 0.336 e. The molecule has 1 aliphatic rings. The molecule has 1 amide bonds. The van der Waals surface area contributed by atoms with Crippen LogP contribution in [0.15, 0.2) is 30.3 Å². The van der Waals surface area contributed by atoms with Gasteiger partial charge in [-0.2, -0.15) is 9.49 Å². The number of aryl methyl sites for hydroxylation is 1. The van der Waals surface area contributed by atoms with Crippen LogP contribution in [-0.4, -0.2) is 56.3 Å². The molecule has 1 fully saturated rings. The molecule has 2 aromatic heterocycles. The molecule has 0 unspecified atom stereocenters. The molecule has 8 nitrogen and oxygen atoms in total. The summed E-state index contributed by atoms with van der Waals surface area (Å²) in [5.74, 6) is -2.36. The molecule has 0 aliphatic carbocycles. The summed E-state index contributed by atoms with van der Waals surface area (Å²) in [5.41, 5.74) is 0.559. The molecule has 5 rings (SSSR count). The number of amides is 1. The molecule has 0 spiro atoms. The number of benzene rings is 2. The molecule has 0 saturated carbocycles. The van der Waals surface area contributed by atoms with Crippen LogP contribution in [-0.2, 0) is 7.05 Å². The number of likely N-dealkylation sites (tertiary alicyclic amines) is 1. The molecule has 1 aliphatic heterocycles. The molecular weight excluding hydrogens is 483 g/mol. The minimum Gasteiger partial charge on any atom is -0.336 e. The predicted molar refractivity (Wildman–Crippen MR) is 132 cm³/mol. The lowest BCUT2D eigenvalue weighted by molar-refractivity contribution is 0.0692. The molecule has 0 radical (unpaired) electrons. The summed E-state index contributed by atoms with van der Waals surface area (Å²) in [6.07, 6.45) is 1.76. The van der Waals surface area contributed by atoms with E-state index < -0.39 is 17.6 Å². The third kappa shape index (κ3) is 4.13.